The van der Waals surface area contributed by atoms with Gasteiger partial charge in [-0.2, -0.15) is 26.3 Å². The van der Waals surface area contributed by atoms with Gasteiger partial charge in [0.2, 0.25) is 0 Å². The summed E-state index contributed by atoms with van der Waals surface area (Å²) in [7, 11) is 0. The van der Waals surface area contributed by atoms with Gasteiger partial charge in [0.25, 0.3) is 17.7 Å². The number of hydrogen-bond donors (Lipinski definition) is 5. The zero-order valence-electron chi connectivity index (χ0n) is 33.8. The maximum Gasteiger partial charge on any atom is 0.416 e. The molecule has 2 fully saturated rings. The lowest BCUT2D eigenvalue weighted by Crippen LogP contribution is -2.55. The Labute approximate surface area is 358 Å². The summed E-state index contributed by atoms with van der Waals surface area (Å²) in [5.74, 6) is -1.49. The molecule has 0 radical (unpaired) electrons. The Morgan fingerprint density at radius 2 is 1.19 bits per heavy atom. The Morgan fingerprint density at radius 3 is 1.71 bits per heavy atom. The van der Waals surface area contributed by atoms with Crippen LogP contribution in [0.2, 0.25) is 0 Å². The predicted molar refractivity (Wildman–Crippen MR) is 218 cm³/mol. The lowest BCUT2D eigenvalue weighted by Gasteiger charge is -2.41. The van der Waals surface area contributed by atoms with Crippen LogP contribution in [0.25, 0.3) is 0 Å². The monoisotopic (exact) mass is 887 g/mol. The van der Waals surface area contributed by atoms with Crippen LogP contribution in [-0.2, 0) is 31.4 Å². The van der Waals surface area contributed by atoms with E-state index in [0.717, 1.165) is 61.6 Å². The molecule has 0 aromatic heterocycles. The number of benzene rings is 4. The minimum absolute atomic E-state index is 0.00470. The van der Waals surface area contributed by atoms with Crippen LogP contribution in [-0.4, -0.2) is 116 Å². The Hall–Kier alpha value is -5.57. The minimum atomic E-state index is -4.54. The first kappa shape index (κ1) is 46.9. The van der Waals surface area contributed by atoms with E-state index in [2.05, 4.69) is 25.8 Å². The SMILES string of the molecule is O=C(NCCN1CCOC(C2CN(CCCOc3cccc(NC(=O)C(O)c4ccc(C(F)(F)F)cc4)c3)CCO2)C1)c1ccc(NC(=O)C(O)c2ccc(C(F)(F)F)cc2)cc1. The summed E-state index contributed by atoms with van der Waals surface area (Å²) in [6.45, 7) is 5.76. The molecule has 5 N–H and O–H groups in total. The molecular formula is C44H47F6N5O8. The first-order valence-corrected chi connectivity index (χ1v) is 20.1. The van der Waals surface area contributed by atoms with Crippen LogP contribution in [0.15, 0.2) is 97.1 Å². The number of carbonyl (C=O) groups excluding carboxylic acids is 3. The molecule has 4 aromatic carbocycles. The zero-order valence-corrected chi connectivity index (χ0v) is 33.8. The van der Waals surface area contributed by atoms with E-state index < -0.39 is 47.5 Å². The van der Waals surface area contributed by atoms with Crippen molar-refractivity contribution in [2.75, 3.05) is 76.3 Å². The molecule has 3 amide bonds. The molecule has 2 aliphatic heterocycles. The summed E-state index contributed by atoms with van der Waals surface area (Å²) in [6.07, 6.45) is -12.1. The van der Waals surface area contributed by atoms with Gasteiger partial charge >= 0.3 is 12.4 Å². The normalized spacial score (nSPS) is 18.5. The van der Waals surface area contributed by atoms with E-state index in [9.17, 15) is 50.9 Å². The quantitative estimate of drug-likeness (QED) is 0.0701. The molecule has 0 spiro atoms. The van der Waals surface area contributed by atoms with E-state index in [-0.39, 0.29) is 34.9 Å². The predicted octanol–water partition coefficient (Wildman–Crippen LogP) is 5.67. The van der Waals surface area contributed by atoms with Crippen molar-refractivity contribution >= 4 is 29.1 Å². The van der Waals surface area contributed by atoms with Crippen molar-refractivity contribution in [3.05, 3.63) is 125 Å². The maximum atomic E-state index is 12.9. The molecule has 63 heavy (non-hydrogen) atoms. The van der Waals surface area contributed by atoms with Crippen LogP contribution in [0.4, 0.5) is 37.7 Å². The Bertz CT molecular complexity index is 2140. The van der Waals surface area contributed by atoms with Gasteiger partial charge in [-0.15, -0.1) is 0 Å². The molecule has 0 saturated carbocycles. The van der Waals surface area contributed by atoms with Crippen LogP contribution >= 0.6 is 0 Å². The minimum Gasteiger partial charge on any atom is -0.493 e. The van der Waals surface area contributed by atoms with E-state index in [1.165, 1.54) is 24.3 Å². The van der Waals surface area contributed by atoms with Crippen molar-refractivity contribution < 1.29 is 65.1 Å². The molecule has 2 aliphatic rings. The van der Waals surface area contributed by atoms with E-state index in [1.54, 1.807) is 24.3 Å². The summed E-state index contributed by atoms with van der Waals surface area (Å²) in [6, 6.07) is 19.9. The summed E-state index contributed by atoms with van der Waals surface area (Å²) >= 11 is 0. The second-order valence-electron chi connectivity index (χ2n) is 15.0. The fourth-order valence-electron chi connectivity index (χ4n) is 7.03. The fourth-order valence-corrected chi connectivity index (χ4v) is 7.03. The van der Waals surface area contributed by atoms with E-state index in [4.69, 9.17) is 14.2 Å². The number of amides is 3. The van der Waals surface area contributed by atoms with E-state index in [1.807, 2.05) is 0 Å². The number of carbonyl (C=O) groups is 3. The van der Waals surface area contributed by atoms with E-state index in [0.29, 0.717) is 76.0 Å². The number of morpholine rings is 2. The molecule has 0 bridgehead atoms. The lowest BCUT2D eigenvalue weighted by molar-refractivity contribution is -0.138. The van der Waals surface area contributed by atoms with Gasteiger partial charge in [-0.05, 0) is 78.2 Å². The number of hydrogen-bond acceptors (Lipinski definition) is 10. The third-order valence-corrected chi connectivity index (χ3v) is 10.5. The average Bonchev–Trinajstić information content (AvgIpc) is 3.27. The summed E-state index contributed by atoms with van der Waals surface area (Å²) in [4.78, 5) is 42.5. The van der Waals surface area contributed by atoms with Gasteiger partial charge in [-0.1, -0.05) is 30.3 Å². The highest BCUT2D eigenvalue weighted by Gasteiger charge is 2.34. The first-order valence-electron chi connectivity index (χ1n) is 20.1. The Kier molecular flexibility index (Phi) is 15.8. The molecule has 2 heterocycles. The third-order valence-electron chi connectivity index (χ3n) is 10.5. The highest BCUT2D eigenvalue weighted by atomic mass is 19.4. The molecule has 4 unspecified atom stereocenters. The highest BCUT2D eigenvalue weighted by molar-refractivity contribution is 5.97. The molecule has 2 saturated heterocycles. The fraction of sp³-hybridized carbons (Fsp3) is 0.386. The third kappa shape index (κ3) is 13.5. The number of alkyl halides is 6. The smallest absolute Gasteiger partial charge is 0.416 e. The molecule has 4 atom stereocenters. The number of rotatable bonds is 16. The van der Waals surface area contributed by atoms with Gasteiger partial charge in [-0.25, -0.2) is 0 Å². The molecule has 4 aromatic rings. The summed E-state index contributed by atoms with van der Waals surface area (Å²) in [5, 5.41) is 28.7. The van der Waals surface area contributed by atoms with Gasteiger partial charge in [-0.3, -0.25) is 24.2 Å². The second-order valence-corrected chi connectivity index (χ2v) is 15.0. The van der Waals surface area contributed by atoms with Crippen molar-refractivity contribution in [3.63, 3.8) is 0 Å². The number of halogens is 6. The van der Waals surface area contributed by atoms with Gasteiger partial charge in [0.05, 0.1) is 43.2 Å². The largest absolute Gasteiger partial charge is 0.493 e. The van der Waals surface area contributed by atoms with Crippen molar-refractivity contribution in [2.24, 2.45) is 0 Å². The molecule has 0 aliphatic carbocycles. The maximum absolute atomic E-state index is 12.9. The topological polar surface area (TPSA) is 162 Å². The number of nitrogens with zero attached hydrogens (tertiary/aromatic N) is 2. The van der Waals surface area contributed by atoms with Crippen molar-refractivity contribution in [3.8, 4) is 5.75 Å². The first-order chi connectivity index (χ1) is 30.0. The highest BCUT2D eigenvalue weighted by Crippen LogP contribution is 2.31. The Morgan fingerprint density at radius 1 is 0.683 bits per heavy atom. The van der Waals surface area contributed by atoms with Gasteiger partial charge in [0, 0.05) is 68.8 Å². The summed E-state index contributed by atoms with van der Waals surface area (Å²) < 4.78 is 95.2. The van der Waals surface area contributed by atoms with Gasteiger partial charge in [0.1, 0.15) is 5.75 Å². The standard InChI is InChI=1S/C44H47F6N5O8/c45-43(46,47)31-11-5-28(6-12-31)38(56)41(59)52-33-15-9-30(10-16-33)40(58)51-17-19-55-21-24-63-37(27-55)36-26-54(20-23-62-36)18-2-22-61-35-4-1-3-34(25-35)53-42(60)39(57)29-7-13-32(14-8-29)44(48,49)50/h1,3-16,25,36-39,56-57H,2,17-24,26-27H2,(H,51,58)(H,52,59)(H,53,60). The van der Waals surface area contributed by atoms with Crippen LogP contribution in [0.5, 0.6) is 5.75 Å². The number of nitrogens with one attached hydrogen (secondary N) is 3. The Balaban J connectivity index is 0.872. The van der Waals surface area contributed by atoms with Gasteiger partial charge in [0.15, 0.2) is 12.2 Å². The molecule has 19 heteroatoms. The van der Waals surface area contributed by atoms with Crippen molar-refractivity contribution in [1.82, 2.24) is 15.1 Å². The average molecular weight is 888 g/mol. The lowest BCUT2D eigenvalue weighted by atomic mass is 10.1. The van der Waals surface area contributed by atoms with Crippen LogP contribution in [0.1, 0.15) is 51.2 Å². The molecule has 338 valence electrons. The molecular weight excluding hydrogens is 840 g/mol. The molecule has 13 nitrogen and oxygen atoms in total. The second kappa shape index (κ2) is 21.2. The number of ether oxygens (including phenoxy) is 3. The number of aliphatic hydroxyl groups excluding tert-OH is 2. The zero-order chi connectivity index (χ0) is 45.1. The van der Waals surface area contributed by atoms with Crippen LogP contribution < -0.4 is 20.7 Å². The summed E-state index contributed by atoms with van der Waals surface area (Å²) in [5.41, 5.74) is -0.792. The van der Waals surface area contributed by atoms with Crippen molar-refractivity contribution in [1.29, 1.82) is 0 Å². The number of anilines is 2. The molecule has 6 rings (SSSR count). The van der Waals surface area contributed by atoms with Crippen LogP contribution in [0, 0.1) is 0 Å². The van der Waals surface area contributed by atoms with Crippen LogP contribution in [0.3, 0.4) is 0 Å². The van der Waals surface area contributed by atoms with Gasteiger partial charge < -0.3 is 40.4 Å². The number of aliphatic hydroxyl groups is 2. The van der Waals surface area contributed by atoms with Crippen molar-refractivity contribution in [2.45, 2.75) is 43.2 Å². The van der Waals surface area contributed by atoms with E-state index >= 15 is 0 Å².